The standard InChI is InChI=1S/C20H27F3N6.HI/c1-16(20(21,22)23)27-10-12-28(13-11-27)19(24-2)25-9-8-17-14-26-29(15-17)18-6-4-3-5-7-18;/h3-7,14-16H,8-13H2,1-2H3,(H,24,25);1H. The van der Waals surface area contributed by atoms with E-state index >= 15 is 0 Å². The van der Waals surface area contributed by atoms with E-state index in [0.717, 1.165) is 23.6 Å². The van der Waals surface area contributed by atoms with E-state index in [1.165, 1.54) is 11.8 Å². The van der Waals surface area contributed by atoms with Crippen LogP contribution >= 0.6 is 24.0 Å². The highest BCUT2D eigenvalue weighted by Gasteiger charge is 2.41. The van der Waals surface area contributed by atoms with Gasteiger partial charge >= 0.3 is 6.18 Å². The summed E-state index contributed by atoms with van der Waals surface area (Å²) < 4.78 is 40.5. The van der Waals surface area contributed by atoms with Gasteiger partial charge in [-0.3, -0.25) is 9.89 Å². The fraction of sp³-hybridized carbons (Fsp3) is 0.500. The molecule has 1 atom stereocenters. The minimum absolute atomic E-state index is 0. The number of nitrogens with one attached hydrogen (secondary N) is 1. The number of aliphatic imine (C=N–C) groups is 1. The van der Waals surface area contributed by atoms with Crippen LogP contribution in [-0.4, -0.2) is 77.5 Å². The van der Waals surface area contributed by atoms with Crippen LogP contribution in [0, 0.1) is 0 Å². The molecule has 1 N–H and O–H groups in total. The van der Waals surface area contributed by atoms with E-state index in [1.807, 2.05) is 52.3 Å². The van der Waals surface area contributed by atoms with Crippen LogP contribution in [0.2, 0.25) is 0 Å². The number of halogens is 4. The molecule has 10 heteroatoms. The molecule has 1 unspecified atom stereocenters. The quantitative estimate of drug-likeness (QED) is 0.363. The van der Waals surface area contributed by atoms with Gasteiger partial charge in [-0.1, -0.05) is 18.2 Å². The SMILES string of the molecule is CN=C(NCCc1cnn(-c2ccccc2)c1)N1CCN(C(C)C(F)(F)F)CC1.I. The molecule has 1 aromatic heterocycles. The Bertz CT molecular complexity index is 800. The first-order valence-electron chi connectivity index (χ1n) is 9.74. The minimum Gasteiger partial charge on any atom is -0.356 e. The highest BCUT2D eigenvalue weighted by Crippen LogP contribution is 2.25. The number of piperazine rings is 1. The fourth-order valence-corrected chi connectivity index (χ4v) is 3.39. The Morgan fingerprint density at radius 3 is 2.43 bits per heavy atom. The number of aromatic nitrogens is 2. The van der Waals surface area contributed by atoms with E-state index in [0.29, 0.717) is 32.7 Å². The summed E-state index contributed by atoms with van der Waals surface area (Å²) in [5.74, 6) is 0.722. The van der Waals surface area contributed by atoms with Gasteiger partial charge in [0.1, 0.15) is 6.04 Å². The second kappa shape index (κ2) is 11.0. The van der Waals surface area contributed by atoms with Crippen molar-refractivity contribution >= 4 is 29.9 Å². The Morgan fingerprint density at radius 2 is 1.83 bits per heavy atom. The number of alkyl halides is 3. The van der Waals surface area contributed by atoms with Crippen LogP contribution in [0.15, 0.2) is 47.7 Å². The molecule has 1 saturated heterocycles. The number of para-hydroxylation sites is 1. The molecule has 1 aliphatic heterocycles. The van der Waals surface area contributed by atoms with Gasteiger partial charge in [-0.2, -0.15) is 18.3 Å². The molecule has 1 aliphatic rings. The van der Waals surface area contributed by atoms with Gasteiger partial charge < -0.3 is 10.2 Å². The molecule has 2 aromatic rings. The molecular formula is C20H28F3IN6. The lowest BCUT2D eigenvalue weighted by Gasteiger charge is -2.39. The molecule has 3 rings (SSSR count). The van der Waals surface area contributed by atoms with Crippen molar-refractivity contribution in [3.05, 3.63) is 48.3 Å². The summed E-state index contributed by atoms with van der Waals surface area (Å²) in [6.07, 6.45) is 0.426. The van der Waals surface area contributed by atoms with Crippen molar-refractivity contribution < 1.29 is 13.2 Å². The van der Waals surface area contributed by atoms with E-state index in [9.17, 15) is 13.2 Å². The van der Waals surface area contributed by atoms with E-state index < -0.39 is 12.2 Å². The molecule has 1 aromatic carbocycles. The van der Waals surface area contributed by atoms with Gasteiger partial charge in [0, 0.05) is 46.0 Å². The normalized spacial score (nSPS) is 16.8. The maximum Gasteiger partial charge on any atom is 0.403 e. The zero-order valence-corrected chi connectivity index (χ0v) is 19.5. The van der Waals surface area contributed by atoms with Gasteiger partial charge in [0.15, 0.2) is 5.96 Å². The lowest BCUT2D eigenvalue weighted by atomic mass is 10.2. The summed E-state index contributed by atoms with van der Waals surface area (Å²) in [6.45, 7) is 3.67. The molecule has 0 aliphatic carbocycles. The molecule has 30 heavy (non-hydrogen) atoms. The van der Waals surface area contributed by atoms with Gasteiger partial charge in [-0.15, -0.1) is 24.0 Å². The molecule has 0 bridgehead atoms. The zero-order chi connectivity index (χ0) is 20.9. The number of guanidine groups is 1. The summed E-state index contributed by atoms with van der Waals surface area (Å²) in [5.41, 5.74) is 2.11. The number of rotatable bonds is 5. The van der Waals surface area contributed by atoms with Crippen LogP contribution < -0.4 is 5.32 Å². The largest absolute Gasteiger partial charge is 0.403 e. The molecule has 0 spiro atoms. The Morgan fingerprint density at radius 1 is 1.17 bits per heavy atom. The van der Waals surface area contributed by atoms with Crippen molar-refractivity contribution in [1.29, 1.82) is 0 Å². The van der Waals surface area contributed by atoms with Gasteiger partial charge in [-0.05, 0) is 31.0 Å². The third-order valence-corrected chi connectivity index (χ3v) is 5.20. The molecule has 0 saturated carbocycles. The minimum atomic E-state index is -4.19. The number of hydrogen-bond acceptors (Lipinski definition) is 3. The Hall–Kier alpha value is -1.82. The van der Waals surface area contributed by atoms with Crippen LogP contribution in [-0.2, 0) is 6.42 Å². The molecule has 2 heterocycles. The van der Waals surface area contributed by atoms with Crippen molar-refractivity contribution in [2.75, 3.05) is 39.8 Å². The molecular weight excluding hydrogens is 508 g/mol. The van der Waals surface area contributed by atoms with Gasteiger partial charge in [0.2, 0.25) is 0 Å². The number of nitrogens with zero attached hydrogens (tertiary/aromatic N) is 5. The first kappa shape index (κ1) is 24.4. The first-order valence-corrected chi connectivity index (χ1v) is 9.74. The molecule has 0 radical (unpaired) electrons. The third kappa shape index (κ3) is 6.34. The van der Waals surface area contributed by atoms with E-state index in [1.54, 1.807) is 7.05 Å². The van der Waals surface area contributed by atoms with Crippen molar-refractivity contribution in [1.82, 2.24) is 24.9 Å². The van der Waals surface area contributed by atoms with Crippen LogP contribution in [0.5, 0.6) is 0 Å². The molecule has 166 valence electrons. The van der Waals surface area contributed by atoms with Crippen LogP contribution in [0.1, 0.15) is 12.5 Å². The molecule has 1 fully saturated rings. The van der Waals surface area contributed by atoms with Crippen LogP contribution in [0.3, 0.4) is 0 Å². The highest BCUT2D eigenvalue weighted by molar-refractivity contribution is 14.0. The van der Waals surface area contributed by atoms with Gasteiger partial charge in [0.25, 0.3) is 0 Å². The fourth-order valence-electron chi connectivity index (χ4n) is 3.39. The third-order valence-electron chi connectivity index (χ3n) is 5.20. The second-order valence-electron chi connectivity index (χ2n) is 7.09. The lowest BCUT2D eigenvalue weighted by Crippen LogP contribution is -2.56. The van der Waals surface area contributed by atoms with Crippen LogP contribution in [0.4, 0.5) is 13.2 Å². The summed E-state index contributed by atoms with van der Waals surface area (Å²) in [6, 6.07) is 8.48. The predicted molar refractivity (Wildman–Crippen MR) is 123 cm³/mol. The maximum atomic E-state index is 12.9. The molecule has 6 nitrogen and oxygen atoms in total. The average molecular weight is 536 g/mol. The Kier molecular flexibility index (Phi) is 8.95. The van der Waals surface area contributed by atoms with Gasteiger partial charge in [0.05, 0.1) is 11.9 Å². The summed E-state index contributed by atoms with van der Waals surface area (Å²) in [7, 11) is 1.69. The summed E-state index contributed by atoms with van der Waals surface area (Å²) in [4.78, 5) is 7.77. The average Bonchev–Trinajstić information content (AvgIpc) is 3.20. The van der Waals surface area contributed by atoms with E-state index in [-0.39, 0.29) is 24.0 Å². The summed E-state index contributed by atoms with van der Waals surface area (Å²) >= 11 is 0. The van der Waals surface area contributed by atoms with Crippen molar-refractivity contribution in [2.24, 2.45) is 4.99 Å². The Balaban J connectivity index is 0.00000320. The second-order valence-corrected chi connectivity index (χ2v) is 7.09. The lowest BCUT2D eigenvalue weighted by molar-refractivity contribution is -0.181. The number of hydrogen-bond donors (Lipinski definition) is 1. The maximum absolute atomic E-state index is 12.9. The zero-order valence-electron chi connectivity index (χ0n) is 17.1. The number of benzene rings is 1. The predicted octanol–water partition coefficient (Wildman–Crippen LogP) is 3.18. The van der Waals surface area contributed by atoms with Crippen molar-refractivity contribution in [3.63, 3.8) is 0 Å². The van der Waals surface area contributed by atoms with E-state index in [4.69, 9.17) is 0 Å². The van der Waals surface area contributed by atoms with Crippen molar-refractivity contribution in [2.45, 2.75) is 25.6 Å². The Labute approximate surface area is 192 Å². The van der Waals surface area contributed by atoms with Crippen LogP contribution in [0.25, 0.3) is 5.69 Å². The molecule has 0 amide bonds. The van der Waals surface area contributed by atoms with Crippen molar-refractivity contribution in [3.8, 4) is 5.69 Å². The van der Waals surface area contributed by atoms with E-state index in [2.05, 4.69) is 15.4 Å². The van der Waals surface area contributed by atoms with Gasteiger partial charge in [-0.25, -0.2) is 4.68 Å². The topological polar surface area (TPSA) is 48.7 Å². The monoisotopic (exact) mass is 536 g/mol. The first-order chi connectivity index (χ1) is 13.9. The smallest absolute Gasteiger partial charge is 0.356 e. The summed E-state index contributed by atoms with van der Waals surface area (Å²) in [5, 5.41) is 7.70. The highest BCUT2D eigenvalue weighted by atomic mass is 127.